The quantitative estimate of drug-likeness (QED) is 0.608. The van der Waals surface area contributed by atoms with E-state index in [0.717, 1.165) is 0 Å². The molecule has 2 aliphatic carbocycles. The van der Waals surface area contributed by atoms with Gasteiger partial charge in [-0.2, -0.15) is 0 Å². The van der Waals surface area contributed by atoms with Crippen LogP contribution in [0, 0.1) is 11.8 Å². The van der Waals surface area contributed by atoms with Gasteiger partial charge in [0.2, 0.25) is 0 Å². The monoisotopic (exact) mass is 356 g/mol. The third-order valence-corrected chi connectivity index (χ3v) is 7.71. The Morgan fingerprint density at radius 3 is 1.16 bits per heavy atom. The van der Waals surface area contributed by atoms with Gasteiger partial charge in [0.1, 0.15) is 0 Å². The van der Waals surface area contributed by atoms with Crippen molar-refractivity contribution in [3.63, 3.8) is 0 Å². The fraction of sp³-hybridized carbons (Fsp3) is 0.333. The van der Waals surface area contributed by atoms with E-state index in [-0.39, 0.29) is 6.56 Å². The van der Waals surface area contributed by atoms with Crippen molar-refractivity contribution >= 4 is 0 Å². The minimum atomic E-state index is -2.31. The zero-order valence-corrected chi connectivity index (χ0v) is 12.4. The molecule has 2 atom stereocenters. The first-order chi connectivity index (χ1) is 8.77. The summed E-state index contributed by atoms with van der Waals surface area (Å²) < 4.78 is 79.2. The van der Waals surface area contributed by atoms with Gasteiger partial charge in [-0.25, -0.2) is 0 Å². The van der Waals surface area contributed by atoms with Crippen LogP contribution < -0.4 is 0 Å². The van der Waals surface area contributed by atoms with Crippen molar-refractivity contribution in [3.05, 3.63) is 41.5 Å². The van der Waals surface area contributed by atoms with Crippen LogP contribution in [0.5, 0.6) is 0 Å². The second-order valence-corrected chi connectivity index (χ2v) is 7.61. The molecule has 0 saturated carbocycles. The van der Waals surface area contributed by atoms with Gasteiger partial charge in [-0.15, -0.1) is 0 Å². The van der Waals surface area contributed by atoms with Crippen LogP contribution in [0.2, 0.25) is 0 Å². The summed E-state index contributed by atoms with van der Waals surface area (Å²) in [6, 6.07) is 0. The number of rotatable bonds is 2. The Morgan fingerprint density at radius 2 is 0.947 bits per heavy atom. The summed E-state index contributed by atoms with van der Waals surface area (Å²) in [5.41, 5.74) is 0. The van der Waals surface area contributed by atoms with Crippen LogP contribution in [-0.2, 0) is 23.2 Å². The van der Waals surface area contributed by atoms with Gasteiger partial charge in [-0.3, -0.25) is 0 Å². The van der Waals surface area contributed by atoms with Crippen LogP contribution in [0.15, 0.2) is 41.5 Å². The summed E-state index contributed by atoms with van der Waals surface area (Å²) in [6.07, 6.45) is 0. The van der Waals surface area contributed by atoms with Gasteiger partial charge in [-0.05, 0) is 0 Å². The van der Waals surface area contributed by atoms with Crippen molar-refractivity contribution in [1.29, 1.82) is 0 Å². The summed E-state index contributed by atoms with van der Waals surface area (Å²) >= 11 is -2.31. The van der Waals surface area contributed by atoms with Crippen molar-refractivity contribution < 1.29 is 49.6 Å². The van der Waals surface area contributed by atoms with Gasteiger partial charge < -0.3 is 0 Å². The maximum absolute atomic E-state index is 13.5. The molecule has 2 unspecified atom stereocenters. The van der Waals surface area contributed by atoms with Crippen LogP contribution in [0.1, 0.15) is 13.8 Å². The second-order valence-electron chi connectivity index (χ2n) is 4.35. The molecule has 0 aromatic carbocycles. The van der Waals surface area contributed by atoms with E-state index < -0.39 is 70.0 Å². The molecule has 0 N–H and O–H groups in total. The molecule has 0 aromatic heterocycles. The van der Waals surface area contributed by atoms with Crippen molar-refractivity contribution in [1.82, 2.24) is 0 Å². The Bertz CT molecular complexity index is 519. The van der Waals surface area contributed by atoms with Crippen LogP contribution >= 0.6 is 0 Å². The van der Waals surface area contributed by atoms with Gasteiger partial charge in [-0.1, -0.05) is 0 Å². The third kappa shape index (κ3) is 2.20. The van der Waals surface area contributed by atoms with E-state index in [1.807, 2.05) is 0 Å². The summed E-state index contributed by atoms with van der Waals surface area (Å²) in [6.45, 7) is 2.49. The first-order valence-electron chi connectivity index (χ1n) is 5.44. The molecule has 0 fully saturated rings. The van der Waals surface area contributed by atoms with Crippen molar-refractivity contribution in [3.8, 4) is 0 Å². The van der Waals surface area contributed by atoms with Crippen LogP contribution in [0.4, 0.5) is 26.3 Å². The maximum atomic E-state index is 13.5. The normalized spacial score (nSPS) is 28.2. The predicted octanol–water partition coefficient (Wildman–Crippen LogP) is 5.03. The first-order valence-corrected chi connectivity index (χ1v) is 7.90. The fourth-order valence-electron chi connectivity index (χ4n) is 1.93. The molecule has 0 saturated heterocycles. The molecule has 0 spiro atoms. The van der Waals surface area contributed by atoms with E-state index in [1.165, 1.54) is 13.8 Å². The van der Waals surface area contributed by atoms with E-state index in [1.54, 1.807) is 0 Å². The van der Waals surface area contributed by atoms with Gasteiger partial charge in [0, 0.05) is 0 Å². The molecule has 0 nitrogen and oxygen atoms in total. The van der Waals surface area contributed by atoms with Crippen LogP contribution in [-0.4, -0.2) is 0 Å². The summed E-state index contributed by atoms with van der Waals surface area (Å²) in [5.74, 6) is -10.6. The van der Waals surface area contributed by atoms with Crippen LogP contribution in [0.3, 0.4) is 0 Å². The summed E-state index contributed by atoms with van der Waals surface area (Å²) in [4.78, 5) is 0. The number of halogens is 6. The predicted molar refractivity (Wildman–Crippen MR) is 53.1 cm³/mol. The Morgan fingerprint density at radius 1 is 0.632 bits per heavy atom. The molecular weight excluding hydrogens is 349 g/mol. The minimum absolute atomic E-state index is 0.168. The standard InChI is InChI=1S/2C6H4F3.Zr/c2*1-3-2-4(7)6(9)5(3)8;/h2*3H,1H3;. The Labute approximate surface area is 117 Å². The van der Waals surface area contributed by atoms with Crippen LogP contribution in [0.25, 0.3) is 0 Å². The van der Waals surface area contributed by atoms with Crippen molar-refractivity contribution in [2.75, 3.05) is 0 Å². The van der Waals surface area contributed by atoms with E-state index in [0.29, 0.717) is 0 Å². The van der Waals surface area contributed by atoms with E-state index in [9.17, 15) is 26.3 Å². The van der Waals surface area contributed by atoms with Crippen molar-refractivity contribution in [2.24, 2.45) is 11.8 Å². The molecule has 0 aliphatic heterocycles. The second kappa shape index (κ2) is 5.08. The SMILES string of the molecule is CC1C(F)=C(F)C(F)=[C]1[Zr][C]1=C(F)C(F)=C(F)C1C. The summed E-state index contributed by atoms with van der Waals surface area (Å²) in [5, 5.41) is 0. The molecule has 0 amide bonds. The molecular formula is C12H8F6Zr. The summed E-state index contributed by atoms with van der Waals surface area (Å²) in [7, 11) is 0. The third-order valence-electron chi connectivity index (χ3n) is 3.17. The van der Waals surface area contributed by atoms with Gasteiger partial charge in [0.15, 0.2) is 0 Å². The number of hydrogen-bond acceptors (Lipinski definition) is 0. The topological polar surface area (TPSA) is 0 Å². The molecule has 0 aromatic rings. The average molecular weight is 357 g/mol. The van der Waals surface area contributed by atoms with E-state index >= 15 is 0 Å². The molecule has 2 rings (SSSR count). The Balaban J connectivity index is 2.32. The average Bonchev–Trinajstić information content (AvgIpc) is 2.68. The molecule has 0 heterocycles. The molecule has 0 bridgehead atoms. The zero-order valence-electron chi connectivity index (χ0n) is 9.92. The zero-order chi connectivity index (χ0) is 14.5. The number of allylic oxidation sites excluding steroid dienone is 8. The van der Waals surface area contributed by atoms with Crippen molar-refractivity contribution in [2.45, 2.75) is 13.8 Å². The Hall–Kier alpha value is -0.577. The molecule has 7 heteroatoms. The molecule has 19 heavy (non-hydrogen) atoms. The van der Waals surface area contributed by atoms with E-state index in [2.05, 4.69) is 0 Å². The number of hydrogen-bond donors (Lipinski definition) is 0. The van der Waals surface area contributed by atoms with E-state index in [4.69, 9.17) is 0 Å². The molecule has 2 aliphatic rings. The molecule has 102 valence electrons. The fourth-order valence-corrected chi connectivity index (χ4v) is 5.41. The Kier molecular flexibility index (Phi) is 3.96. The van der Waals surface area contributed by atoms with Gasteiger partial charge >= 0.3 is 117 Å². The van der Waals surface area contributed by atoms with Gasteiger partial charge in [0.05, 0.1) is 0 Å². The van der Waals surface area contributed by atoms with Gasteiger partial charge in [0.25, 0.3) is 0 Å². The first kappa shape index (κ1) is 14.8. The molecule has 0 radical (unpaired) electrons.